The lowest BCUT2D eigenvalue weighted by atomic mass is 9.97. The summed E-state index contributed by atoms with van der Waals surface area (Å²) in [4.78, 5) is 0. The highest BCUT2D eigenvalue weighted by Crippen LogP contribution is 2.45. The standard InChI is InChI=1S/C51H36N4OS/c1-3-13-31(14-4-1)49-52-50(32-15-5-2-6-16-32)54-51(53-49)33-25-27-41-45(29-33)56-44-24-12-19-38(47(41)44)40-21-11-20-39-37-28-26-34(30-46(37)57-48(39)40)55-42-22-9-7-17-35(42)36-18-8-10-23-43(36)55/h1-30,49-54H. The van der Waals surface area contributed by atoms with E-state index in [1.54, 1.807) is 0 Å². The molecule has 272 valence electrons. The fraction of sp³-hybridized carbons (Fsp3) is 0.0588. The molecule has 3 N–H and O–H groups in total. The van der Waals surface area contributed by atoms with Crippen molar-refractivity contribution in [2.24, 2.45) is 0 Å². The summed E-state index contributed by atoms with van der Waals surface area (Å²) in [5.74, 6) is 0. The van der Waals surface area contributed by atoms with Gasteiger partial charge in [0.1, 0.15) is 11.2 Å². The zero-order valence-electron chi connectivity index (χ0n) is 30.8. The number of nitrogens with zero attached hydrogens (tertiary/aromatic N) is 1. The number of furan rings is 1. The number of hydrogen-bond acceptors (Lipinski definition) is 5. The van der Waals surface area contributed by atoms with Crippen molar-refractivity contribution in [1.29, 1.82) is 0 Å². The van der Waals surface area contributed by atoms with Crippen LogP contribution in [0.15, 0.2) is 186 Å². The van der Waals surface area contributed by atoms with Crippen LogP contribution >= 0.6 is 11.3 Å². The van der Waals surface area contributed by atoms with Crippen LogP contribution in [0.1, 0.15) is 35.2 Å². The fourth-order valence-electron chi connectivity index (χ4n) is 9.10. The quantitative estimate of drug-likeness (QED) is 0.164. The van der Waals surface area contributed by atoms with Crippen molar-refractivity contribution >= 4 is 75.3 Å². The van der Waals surface area contributed by atoms with Gasteiger partial charge in [0.2, 0.25) is 0 Å². The number of hydrogen-bond donors (Lipinski definition) is 3. The first-order valence-corrected chi connectivity index (χ1v) is 20.3. The van der Waals surface area contributed by atoms with Gasteiger partial charge in [-0.2, -0.15) is 0 Å². The van der Waals surface area contributed by atoms with Crippen LogP contribution in [0.4, 0.5) is 0 Å². The van der Waals surface area contributed by atoms with Gasteiger partial charge < -0.3 is 8.98 Å². The topological polar surface area (TPSA) is 54.2 Å². The maximum atomic E-state index is 6.70. The van der Waals surface area contributed by atoms with Gasteiger partial charge in [0.05, 0.1) is 29.5 Å². The predicted octanol–water partition coefficient (Wildman–Crippen LogP) is 12.9. The Hall–Kier alpha value is -6.54. The fourth-order valence-corrected chi connectivity index (χ4v) is 10.4. The molecule has 4 heterocycles. The highest BCUT2D eigenvalue weighted by molar-refractivity contribution is 7.26. The number of benzene rings is 8. The second-order valence-corrected chi connectivity index (χ2v) is 16.0. The summed E-state index contributed by atoms with van der Waals surface area (Å²) in [6, 6.07) is 65.4. The molecule has 3 aromatic heterocycles. The Morgan fingerprint density at radius 3 is 1.70 bits per heavy atom. The van der Waals surface area contributed by atoms with Crippen molar-refractivity contribution in [3.05, 3.63) is 199 Å². The number of aromatic nitrogens is 1. The van der Waals surface area contributed by atoms with Gasteiger partial charge in [-0.1, -0.05) is 146 Å². The Labute approximate surface area is 332 Å². The molecule has 0 aliphatic carbocycles. The van der Waals surface area contributed by atoms with Crippen LogP contribution in [0.2, 0.25) is 0 Å². The third-order valence-electron chi connectivity index (χ3n) is 11.7. The van der Waals surface area contributed by atoms with Gasteiger partial charge in [0.15, 0.2) is 0 Å². The number of rotatable bonds is 5. The van der Waals surface area contributed by atoms with E-state index < -0.39 is 0 Å². The van der Waals surface area contributed by atoms with E-state index in [1.165, 1.54) is 69.9 Å². The Morgan fingerprint density at radius 1 is 0.421 bits per heavy atom. The molecule has 0 amide bonds. The van der Waals surface area contributed by atoms with E-state index in [0.717, 1.165) is 27.5 Å². The van der Waals surface area contributed by atoms with Gasteiger partial charge in [0.25, 0.3) is 0 Å². The predicted molar refractivity (Wildman–Crippen MR) is 237 cm³/mol. The first kappa shape index (κ1) is 32.7. The third kappa shape index (κ3) is 5.27. The minimum Gasteiger partial charge on any atom is -0.456 e. The molecule has 11 aromatic rings. The summed E-state index contributed by atoms with van der Waals surface area (Å²) in [7, 11) is 0. The number of para-hydroxylation sites is 2. The second kappa shape index (κ2) is 13.0. The molecule has 0 spiro atoms. The minimum absolute atomic E-state index is 0.0412. The number of nitrogens with one attached hydrogen (secondary N) is 3. The van der Waals surface area contributed by atoms with E-state index in [9.17, 15) is 0 Å². The molecule has 0 radical (unpaired) electrons. The lowest BCUT2D eigenvalue weighted by molar-refractivity contribution is 0.203. The van der Waals surface area contributed by atoms with Crippen molar-refractivity contribution in [3.8, 4) is 16.8 Å². The molecule has 1 fully saturated rings. The van der Waals surface area contributed by atoms with Gasteiger partial charge in [0, 0.05) is 53.0 Å². The molecule has 12 rings (SSSR count). The summed E-state index contributed by atoms with van der Waals surface area (Å²) >= 11 is 1.87. The van der Waals surface area contributed by atoms with Crippen molar-refractivity contribution in [1.82, 2.24) is 20.5 Å². The molecule has 2 unspecified atom stereocenters. The summed E-state index contributed by atoms with van der Waals surface area (Å²) in [6.07, 6.45) is -0.195. The summed E-state index contributed by atoms with van der Waals surface area (Å²) < 4.78 is 11.7. The minimum atomic E-state index is -0.113. The smallest absolute Gasteiger partial charge is 0.136 e. The first-order valence-electron chi connectivity index (χ1n) is 19.5. The van der Waals surface area contributed by atoms with E-state index in [4.69, 9.17) is 4.42 Å². The number of fused-ring (bicyclic) bond motifs is 9. The summed E-state index contributed by atoms with van der Waals surface area (Å²) in [5, 5.41) is 18.8. The third-order valence-corrected chi connectivity index (χ3v) is 12.9. The zero-order valence-corrected chi connectivity index (χ0v) is 31.6. The maximum Gasteiger partial charge on any atom is 0.136 e. The van der Waals surface area contributed by atoms with Gasteiger partial charge >= 0.3 is 0 Å². The Kier molecular flexibility index (Phi) is 7.46. The zero-order chi connectivity index (χ0) is 37.5. The van der Waals surface area contributed by atoms with Gasteiger partial charge in [-0.3, -0.25) is 16.0 Å². The lowest BCUT2D eigenvalue weighted by Crippen LogP contribution is -2.54. The molecule has 5 nitrogen and oxygen atoms in total. The highest BCUT2D eigenvalue weighted by Gasteiger charge is 2.30. The molecule has 1 aliphatic rings. The molecule has 0 bridgehead atoms. The lowest BCUT2D eigenvalue weighted by Gasteiger charge is -2.39. The van der Waals surface area contributed by atoms with Gasteiger partial charge in [-0.25, -0.2) is 0 Å². The van der Waals surface area contributed by atoms with Crippen molar-refractivity contribution < 1.29 is 4.42 Å². The normalized spacial score (nSPS) is 17.4. The molecule has 1 saturated heterocycles. The molecule has 8 aromatic carbocycles. The molecule has 2 atom stereocenters. The van der Waals surface area contributed by atoms with Crippen molar-refractivity contribution in [2.45, 2.75) is 18.5 Å². The molecular formula is C51H36N4OS. The van der Waals surface area contributed by atoms with Gasteiger partial charge in [-0.15, -0.1) is 11.3 Å². The van der Waals surface area contributed by atoms with Crippen molar-refractivity contribution in [3.63, 3.8) is 0 Å². The van der Waals surface area contributed by atoms with Crippen molar-refractivity contribution in [2.75, 3.05) is 0 Å². The van der Waals surface area contributed by atoms with Crippen LogP contribution in [0.5, 0.6) is 0 Å². The van der Waals surface area contributed by atoms with Crippen LogP contribution < -0.4 is 16.0 Å². The van der Waals surface area contributed by atoms with Crippen LogP contribution in [-0.4, -0.2) is 4.57 Å². The van der Waals surface area contributed by atoms with Crippen LogP contribution in [-0.2, 0) is 0 Å². The highest BCUT2D eigenvalue weighted by atomic mass is 32.1. The van der Waals surface area contributed by atoms with E-state index >= 15 is 0 Å². The Balaban J connectivity index is 0.957. The molecule has 0 saturated carbocycles. The van der Waals surface area contributed by atoms with Crippen LogP contribution in [0, 0.1) is 0 Å². The van der Waals surface area contributed by atoms with E-state index in [0.29, 0.717) is 0 Å². The Morgan fingerprint density at radius 2 is 1.00 bits per heavy atom. The summed E-state index contributed by atoms with van der Waals surface area (Å²) in [5.41, 5.74) is 11.3. The van der Waals surface area contributed by atoms with Crippen LogP contribution in [0.25, 0.3) is 80.7 Å². The Bertz CT molecular complexity index is 3210. The SMILES string of the molecule is c1ccc(C2NC(c3ccccc3)NC(c3ccc4c(c3)oc3cccc(-c5cccc6c5sc5cc(-n7c8ccccc8c8ccccc87)ccc56)c34)N2)cc1. The average Bonchev–Trinajstić information content (AvgIpc) is 3.96. The number of thiophene rings is 1. The van der Waals surface area contributed by atoms with E-state index in [-0.39, 0.29) is 18.5 Å². The molecule has 1 aliphatic heterocycles. The first-order chi connectivity index (χ1) is 28.2. The van der Waals surface area contributed by atoms with E-state index in [2.05, 4.69) is 203 Å². The molecule has 6 heteroatoms. The summed E-state index contributed by atoms with van der Waals surface area (Å²) in [6.45, 7) is 0. The molecule has 57 heavy (non-hydrogen) atoms. The second-order valence-electron chi connectivity index (χ2n) is 15.0. The maximum absolute atomic E-state index is 6.70. The van der Waals surface area contributed by atoms with Crippen LogP contribution in [0.3, 0.4) is 0 Å². The van der Waals surface area contributed by atoms with Gasteiger partial charge in [-0.05, 0) is 58.7 Å². The monoisotopic (exact) mass is 752 g/mol. The average molecular weight is 753 g/mol. The molecular weight excluding hydrogens is 717 g/mol. The van der Waals surface area contributed by atoms with E-state index in [1.807, 2.05) is 11.3 Å². The largest absolute Gasteiger partial charge is 0.456 e.